The first-order valence-corrected chi connectivity index (χ1v) is 8.72. The molecule has 0 aliphatic heterocycles. The van der Waals surface area contributed by atoms with Crippen LogP contribution in [0.25, 0.3) is 0 Å². The first-order valence-electron chi connectivity index (χ1n) is 7.92. The van der Waals surface area contributed by atoms with Crippen LogP contribution in [0.5, 0.6) is 5.75 Å². The monoisotopic (exact) mass is 357 g/mol. The SMILES string of the molecule is CCCCC(CC)CNCC(O)COc1ccc(Br)cc1. The minimum absolute atomic E-state index is 0.320. The molecule has 1 aromatic carbocycles. The minimum atomic E-state index is -0.475. The van der Waals surface area contributed by atoms with Gasteiger partial charge in [-0.15, -0.1) is 0 Å². The quantitative estimate of drug-likeness (QED) is 0.628. The van der Waals surface area contributed by atoms with Crippen molar-refractivity contribution in [3.8, 4) is 5.75 Å². The van der Waals surface area contributed by atoms with Gasteiger partial charge < -0.3 is 15.2 Å². The van der Waals surface area contributed by atoms with Crippen LogP contribution in [0.3, 0.4) is 0 Å². The summed E-state index contributed by atoms with van der Waals surface area (Å²) in [6, 6.07) is 7.64. The fourth-order valence-corrected chi connectivity index (χ4v) is 2.44. The van der Waals surface area contributed by atoms with Gasteiger partial charge in [-0.3, -0.25) is 0 Å². The number of aliphatic hydroxyl groups excluding tert-OH is 1. The number of nitrogens with one attached hydrogen (secondary N) is 1. The highest BCUT2D eigenvalue weighted by Crippen LogP contribution is 2.16. The lowest BCUT2D eigenvalue weighted by molar-refractivity contribution is 0.105. The van der Waals surface area contributed by atoms with E-state index in [2.05, 4.69) is 35.1 Å². The molecule has 3 nitrogen and oxygen atoms in total. The van der Waals surface area contributed by atoms with Gasteiger partial charge in [0.25, 0.3) is 0 Å². The maximum absolute atomic E-state index is 9.93. The van der Waals surface area contributed by atoms with Crippen LogP contribution < -0.4 is 10.1 Å². The number of ether oxygens (including phenoxy) is 1. The molecule has 0 saturated heterocycles. The van der Waals surface area contributed by atoms with Crippen molar-refractivity contribution in [1.29, 1.82) is 0 Å². The fraction of sp³-hybridized carbons (Fsp3) is 0.647. The summed E-state index contributed by atoms with van der Waals surface area (Å²) in [5.41, 5.74) is 0. The van der Waals surface area contributed by atoms with Crippen LogP contribution in [0.15, 0.2) is 28.7 Å². The Kier molecular flexibility index (Phi) is 9.72. The molecule has 2 unspecified atom stereocenters. The zero-order chi connectivity index (χ0) is 15.5. The van der Waals surface area contributed by atoms with E-state index in [9.17, 15) is 5.11 Å². The maximum atomic E-state index is 9.93. The Morgan fingerprint density at radius 1 is 1.19 bits per heavy atom. The summed E-state index contributed by atoms with van der Waals surface area (Å²) < 4.78 is 6.58. The third-order valence-electron chi connectivity index (χ3n) is 3.61. The van der Waals surface area contributed by atoms with Gasteiger partial charge in [-0.2, -0.15) is 0 Å². The fourth-order valence-electron chi connectivity index (χ4n) is 2.18. The van der Waals surface area contributed by atoms with E-state index < -0.39 is 6.10 Å². The van der Waals surface area contributed by atoms with Crippen LogP contribution in [0.2, 0.25) is 0 Å². The Bertz CT molecular complexity index is 370. The molecule has 0 amide bonds. The van der Waals surface area contributed by atoms with Crippen LogP contribution in [0.1, 0.15) is 39.5 Å². The van der Waals surface area contributed by atoms with Crippen LogP contribution in [0, 0.1) is 5.92 Å². The topological polar surface area (TPSA) is 41.5 Å². The van der Waals surface area contributed by atoms with E-state index in [1.165, 1.54) is 25.7 Å². The van der Waals surface area contributed by atoms with Crippen molar-refractivity contribution in [2.24, 2.45) is 5.92 Å². The molecule has 0 saturated carbocycles. The van der Waals surface area contributed by atoms with E-state index >= 15 is 0 Å². The predicted molar refractivity (Wildman–Crippen MR) is 91.8 cm³/mol. The molecule has 0 heterocycles. The average Bonchev–Trinajstić information content (AvgIpc) is 2.50. The van der Waals surface area contributed by atoms with Gasteiger partial charge in [0, 0.05) is 11.0 Å². The molecule has 1 aromatic rings. The molecule has 21 heavy (non-hydrogen) atoms. The molecule has 0 aliphatic carbocycles. The van der Waals surface area contributed by atoms with E-state index in [1.54, 1.807) is 0 Å². The second-order valence-electron chi connectivity index (χ2n) is 5.49. The van der Waals surface area contributed by atoms with E-state index in [0.717, 1.165) is 16.8 Å². The number of halogens is 1. The summed E-state index contributed by atoms with van der Waals surface area (Å²) in [7, 11) is 0. The third kappa shape index (κ3) is 8.44. The first-order chi connectivity index (χ1) is 10.2. The lowest BCUT2D eigenvalue weighted by atomic mass is 9.99. The lowest BCUT2D eigenvalue weighted by Crippen LogP contribution is -2.34. The van der Waals surface area contributed by atoms with Crippen molar-refractivity contribution in [2.45, 2.75) is 45.6 Å². The second-order valence-corrected chi connectivity index (χ2v) is 6.41. The summed E-state index contributed by atoms with van der Waals surface area (Å²) in [6.07, 6.45) is 4.52. The molecule has 0 aromatic heterocycles. The summed E-state index contributed by atoms with van der Waals surface area (Å²) in [4.78, 5) is 0. The smallest absolute Gasteiger partial charge is 0.119 e. The zero-order valence-corrected chi connectivity index (χ0v) is 14.7. The Hall–Kier alpha value is -0.580. The van der Waals surface area contributed by atoms with E-state index in [-0.39, 0.29) is 0 Å². The van der Waals surface area contributed by atoms with Crippen molar-refractivity contribution in [1.82, 2.24) is 5.32 Å². The number of benzene rings is 1. The molecular weight excluding hydrogens is 330 g/mol. The molecule has 0 spiro atoms. The van der Waals surface area contributed by atoms with Crippen LogP contribution in [-0.4, -0.2) is 30.9 Å². The summed E-state index contributed by atoms with van der Waals surface area (Å²) in [5, 5.41) is 13.3. The largest absolute Gasteiger partial charge is 0.491 e. The number of hydrogen-bond acceptors (Lipinski definition) is 3. The van der Waals surface area contributed by atoms with Gasteiger partial charge in [0.05, 0.1) is 0 Å². The molecule has 2 N–H and O–H groups in total. The molecule has 2 atom stereocenters. The van der Waals surface area contributed by atoms with Gasteiger partial charge in [0.1, 0.15) is 18.5 Å². The van der Waals surface area contributed by atoms with Crippen LogP contribution in [0.4, 0.5) is 0 Å². The van der Waals surface area contributed by atoms with E-state index in [0.29, 0.717) is 19.1 Å². The molecular formula is C17H28BrNO2. The maximum Gasteiger partial charge on any atom is 0.119 e. The summed E-state index contributed by atoms with van der Waals surface area (Å²) >= 11 is 3.38. The van der Waals surface area contributed by atoms with Crippen molar-refractivity contribution in [3.05, 3.63) is 28.7 Å². The summed E-state index contributed by atoms with van der Waals surface area (Å²) in [5.74, 6) is 1.50. The van der Waals surface area contributed by atoms with Crippen molar-refractivity contribution >= 4 is 15.9 Å². The van der Waals surface area contributed by atoms with Gasteiger partial charge in [0.2, 0.25) is 0 Å². The van der Waals surface area contributed by atoms with Crippen molar-refractivity contribution < 1.29 is 9.84 Å². The van der Waals surface area contributed by atoms with Crippen LogP contribution >= 0.6 is 15.9 Å². The Morgan fingerprint density at radius 3 is 2.52 bits per heavy atom. The minimum Gasteiger partial charge on any atom is -0.491 e. The molecule has 1 rings (SSSR count). The Morgan fingerprint density at radius 2 is 1.90 bits per heavy atom. The highest BCUT2D eigenvalue weighted by Gasteiger charge is 2.08. The van der Waals surface area contributed by atoms with Crippen LogP contribution in [-0.2, 0) is 0 Å². The molecule has 0 radical (unpaired) electrons. The standard InChI is InChI=1S/C17H28BrNO2/c1-3-5-6-14(4-2)11-19-12-16(20)13-21-17-9-7-15(18)8-10-17/h7-10,14,16,19-20H,3-6,11-13H2,1-2H3. The first kappa shape index (κ1) is 18.5. The van der Waals surface area contributed by atoms with Crippen molar-refractivity contribution in [3.63, 3.8) is 0 Å². The number of hydrogen-bond donors (Lipinski definition) is 2. The molecule has 0 bridgehead atoms. The highest BCUT2D eigenvalue weighted by atomic mass is 79.9. The third-order valence-corrected chi connectivity index (χ3v) is 4.14. The van der Waals surface area contributed by atoms with Crippen molar-refractivity contribution in [2.75, 3.05) is 19.7 Å². The van der Waals surface area contributed by atoms with Gasteiger partial charge in [-0.1, -0.05) is 49.0 Å². The normalized spacial score (nSPS) is 13.9. The molecule has 120 valence electrons. The number of rotatable bonds is 11. The molecule has 0 fully saturated rings. The Balaban J connectivity index is 2.15. The van der Waals surface area contributed by atoms with Gasteiger partial charge in [0.15, 0.2) is 0 Å². The average molecular weight is 358 g/mol. The van der Waals surface area contributed by atoms with E-state index in [1.807, 2.05) is 24.3 Å². The Labute approximate surface area is 137 Å². The summed E-state index contributed by atoms with van der Waals surface area (Å²) in [6.45, 7) is 6.34. The van der Waals surface area contributed by atoms with E-state index in [4.69, 9.17) is 4.74 Å². The lowest BCUT2D eigenvalue weighted by Gasteiger charge is -2.17. The second kappa shape index (κ2) is 11.0. The molecule has 0 aliphatic rings. The molecule has 4 heteroatoms. The van der Waals surface area contributed by atoms with Gasteiger partial charge >= 0.3 is 0 Å². The number of unbranched alkanes of at least 4 members (excludes halogenated alkanes) is 1. The van der Waals surface area contributed by atoms with Gasteiger partial charge in [-0.25, -0.2) is 0 Å². The number of aliphatic hydroxyl groups is 1. The zero-order valence-electron chi connectivity index (χ0n) is 13.1. The highest BCUT2D eigenvalue weighted by molar-refractivity contribution is 9.10. The predicted octanol–water partition coefficient (Wildman–Crippen LogP) is 3.99. The van der Waals surface area contributed by atoms with Gasteiger partial charge in [-0.05, 0) is 43.1 Å².